The Morgan fingerprint density at radius 2 is 2.05 bits per heavy atom. The molecule has 0 fully saturated rings. The Balaban J connectivity index is 2.80. The van der Waals surface area contributed by atoms with Gasteiger partial charge in [-0.2, -0.15) is 5.26 Å². The van der Waals surface area contributed by atoms with E-state index in [0.717, 1.165) is 0 Å². The smallest absolute Gasteiger partial charge is 0.267 e. The van der Waals surface area contributed by atoms with Gasteiger partial charge in [-0.3, -0.25) is 4.79 Å². The van der Waals surface area contributed by atoms with E-state index in [1.54, 1.807) is 12.1 Å². The van der Waals surface area contributed by atoms with E-state index in [2.05, 4.69) is 10.6 Å². The summed E-state index contributed by atoms with van der Waals surface area (Å²) in [5.74, 6) is -0.506. The predicted molar refractivity (Wildman–Crippen MR) is 77.1 cm³/mol. The second kappa shape index (κ2) is 7.03. The Labute approximate surface area is 122 Å². The van der Waals surface area contributed by atoms with Gasteiger partial charge in [-0.1, -0.05) is 23.2 Å². The molecule has 0 heterocycles. The van der Waals surface area contributed by atoms with Crippen molar-refractivity contribution in [3.63, 3.8) is 0 Å². The van der Waals surface area contributed by atoms with Gasteiger partial charge in [0.05, 0.1) is 10.0 Å². The molecule has 1 aromatic carbocycles. The number of nitrogens with zero attached hydrogens (tertiary/aromatic N) is 1. The van der Waals surface area contributed by atoms with Crippen LogP contribution >= 0.6 is 23.2 Å². The lowest BCUT2D eigenvalue weighted by atomic mass is 10.2. The first kappa shape index (κ1) is 15.4. The number of amides is 1. The van der Waals surface area contributed by atoms with Gasteiger partial charge in [-0.15, -0.1) is 0 Å². The van der Waals surface area contributed by atoms with Crippen molar-refractivity contribution in [1.29, 1.82) is 5.26 Å². The van der Waals surface area contributed by atoms with E-state index < -0.39 is 5.91 Å². The Morgan fingerprint density at radius 3 is 2.58 bits per heavy atom. The zero-order chi connectivity index (χ0) is 14.4. The maximum atomic E-state index is 11.8. The van der Waals surface area contributed by atoms with Gasteiger partial charge in [-0.05, 0) is 32.0 Å². The van der Waals surface area contributed by atoms with E-state index in [4.69, 9.17) is 28.5 Å². The van der Waals surface area contributed by atoms with Crippen LogP contribution in [-0.2, 0) is 4.79 Å². The summed E-state index contributed by atoms with van der Waals surface area (Å²) in [5, 5.41) is 15.1. The Morgan fingerprint density at radius 1 is 1.37 bits per heavy atom. The van der Waals surface area contributed by atoms with Gasteiger partial charge < -0.3 is 10.6 Å². The third kappa shape index (κ3) is 4.82. The summed E-state index contributed by atoms with van der Waals surface area (Å²) in [6.45, 7) is 3.81. The maximum absolute atomic E-state index is 11.8. The molecule has 0 atom stereocenters. The molecule has 0 saturated carbocycles. The lowest BCUT2D eigenvalue weighted by Gasteiger charge is -2.07. The highest BCUT2D eigenvalue weighted by Gasteiger charge is 2.10. The van der Waals surface area contributed by atoms with Crippen molar-refractivity contribution in [2.75, 3.05) is 5.32 Å². The lowest BCUT2D eigenvalue weighted by molar-refractivity contribution is -0.112. The number of rotatable bonds is 4. The van der Waals surface area contributed by atoms with Crippen molar-refractivity contribution in [1.82, 2.24) is 5.32 Å². The minimum Gasteiger partial charge on any atom is -0.387 e. The number of hydrogen-bond donors (Lipinski definition) is 2. The van der Waals surface area contributed by atoms with Crippen LogP contribution in [0.4, 0.5) is 5.69 Å². The molecule has 0 aliphatic heterocycles. The summed E-state index contributed by atoms with van der Waals surface area (Å²) in [6.07, 6.45) is 1.39. The van der Waals surface area contributed by atoms with Crippen LogP contribution in [0.5, 0.6) is 0 Å². The zero-order valence-electron chi connectivity index (χ0n) is 10.5. The zero-order valence-corrected chi connectivity index (χ0v) is 12.0. The highest BCUT2D eigenvalue weighted by atomic mass is 35.5. The standard InChI is InChI=1S/C13H13Cl2N3O/c1-8(2)17-7-9(6-16)13(19)18-10-3-4-11(14)12(15)5-10/h3-5,7-8,17H,1-2H3,(H,18,19)/b9-7-. The predicted octanol–water partition coefficient (Wildman–Crippen LogP) is 3.34. The van der Waals surface area contributed by atoms with Crippen molar-refractivity contribution >= 4 is 34.8 Å². The molecule has 0 aliphatic rings. The number of benzene rings is 1. The van der Waals surface area contributed by atoms with Crippen molar-refractivity contribution in [2.45, 2.75) is 19.9 Å². The Kier molecular flexibility index (Phi) is 5.68. The molecule has 19 heavy (non-hydrogen) atoms. The van der Waals surface area contributed by atoms with Crippen LogP contribution in [-0.4, -0.2) is 11.9 Å². The molecule has 0 aromatic heterocycles. The molecule has 0 bridgehead atoms. The number of nitriles is 1. The summed E-state index contributed by atoms with van der Waals surface area (Å²) in [5.41, 5.74) is 0.463. The van der Waals surface area contributed by atoms with E-state index >= 15 is 0 Å². The Hall–Kier alpha value is -1.70. The number of halogens is 2. The van der Waals surface area contributed by atoms with Crippen LogP contribution < -0.4 is 10.6 Å². The molecular formula is C13H13Cl2N3O. The van der Waals surface area contributed by atoms with Crippen molar-refractivity contribution in [2.24, 2.45) is 0 Å². The van der Waals surface area contributed by atoms with Gasteiger partial charge in [0.2, 0.25) is 0 Å². The monoisotopic (exact) mass is 297 g/mol. The number of nitrogens with one attached hydrogen (secondary N) is 2. The van der Waals surface area contributed by atoms with Gasteiger partial charge in [0.1, 0.15) is 11.6 Å². The molecule has 1 aromatic rings. The fourth-order valence-corrected chi connectivity index (χ4v) is 1.47. The highest BCUT2D eigenvalue weighted by molar-refractivity contribution is 6.42. The highest BCUT2D eigenvalue weighted by Crippen LogP contribution is 2.25. The average molecular weight is 298 g/mol. The van der Waals surface area contributed by atoms with Crippen LogP contribution in [0.3, 0.4) is 0 Å². The summed E-state index contributed by atoms with van der Waals surface area (Å²) in [7, 11) is 0. The van der Waals surface area contributed by atoms with Crippen molar-refractivity contribution in [3.8, 4) is 6.07 Å². The van der Waals surface area contributed by atoms with Gasteiger partial charge in [-0.25, -0.2) is 0 Å². The minimum absolute atomic E-state index is 0.0141. The third-order valence-electron chi connectivity index (χ3n) is 2.10. The van der Waals surface area contributed by atoms with E-state index in [0.29, 0.717) is 15.7 Å². The average Bonchev–Trinajstić information content (AvgIpc) is 2.34. The first-order chi connectivity index (χ1) is 8.93. The van der Waals surface area contributed by atoms with Crippen LogP contribution in [0.25, 0.3) is 0 Å². The van der Waals surface area contributed by atoms with Crippen molar-refractivity contribution < 1.29 is 4.79 Å². The topological polar surface area (TPSA) is 64.9 Å². The molecule has 0 radical (unpaired) electrons. The first-order valence-corrected chi connectivity index (χ1v) is 6.32. The first-order valence-electron chi connectivity index (χ1n) is 5.56. The Bertz CT molecular complexity index is 547. The van der Waals surface area contributed by atoms with E-state index in [9.17, 15) is 4.79 Å². The normalized spacial score (nSPS) is 11.1. The molecule has 4 nitrogen and oxygen atoms in total. The lowest BCUT2D eigenvalue weighted by Crippen LogP contribution is -2.20. The SMILES string of the molecule is CC(C)N/C=C(/C#N)C(=O)Nc1ccc(Cl)c(Cl)c1. The van der Waals surface area contributed by atoms with Gasteiger partial charge in [0.15, 0.2) is 0 Å². The summed E-state index contributed by atoms with van der Waals surface area (Å²) in [4.78, 5) is 11.8. The van der Waals surface area contributed by atoms with Crippen LogP contribution in [0, 0.1) is 11.3 Å². The number of hydrogen-bond acceptors (Lipinski definition) is 3. The molecule has 0 unspecified atom stereocenters. The molecule has 100 valence electrons. The molecule has 1 amide bonds. The van der Waals surface area contributed by atoms with Gasteiger partial charge >= 0.3 is 0 Å². The van der Waals surface area contributed by atoms with Crippen molar-refractivity contribution in [3.05, 3.63) is 40.0 Å². The largest absolute Gasteiger partial charge is 0.387 e. The minimum atomic E-state index is -0.506. The summed E-state index contributed by atoms with van der Waals surface area (Å²) in [6, 6.07) is 6.67. The number of carbonyl (C=O) groups is 1. The molecule has 0 saturated heterocycles. The molecule has 2 N–H and O–H groups in total. The molecule has 0 spiro atoms. The molecule has 6 heteroatoms. The summed E-state index contributed by atoms with van der Waals surface area (Å²) < 4.78 is 0. The van der Waals surface area contributed by atoms with E-state index in [-0.39, 0.29) is 11.6 Å². The fourth-order valence-electron chi connectivity index (χ4n) is 1.17. The summed E-state index contributed by atoms with van der Waals surface area (Å²) >= 11 is 11.6. The molecule has 0 aliphatic carbocycles. The molecule has 1 rings (SSSR count). The van der Waals surface area contributed by atoms with Crippen LogP contribution in [0.1, 0.15) is 13.8 Å². The van der Waals surface area contributed by atoms with Crippen LogP contribution in [0.2, 0.25) is 10.0 Å². The number of anilines is 1. The van der Waals surface area contributed by atoms with E-state index in [1.807, 2.05) is 19.9 Å². The second-order valence-electron chi connectivity index (χ2n) is 4.07. The van der Waals surface area contributed by atoms with Gasteiger partial charge in [0, 0.05) is 17.9 Å². The van der Waals surface area contributed by atoms with Crippen LogP contribution in [0.15, 0.2) is 30.0 Å². The number of carbonyl (C=O) groups excluding carboxylic acids is 1. The quantitative estimate of drug-likeness (QED) is 0.662. The van der Waals surface area contributed by atoms with Gasteiger partial charge in [0.25, 0.3) is 5.91 Å². The second-order valence-corrected chi connectivity index (χ2v) is 4.89. The van der Waals surface area contributed by atoms with E-state index in [1.165, 1.54) is 12.3 Å². The fraction of sp³-hybridized carbons (Fsp3) is 0.231. The maximum Gasteiger partial charge on any atom is 0.267 e. The molecular weight excluding hydrogens is 285 g/mol. The third-order valence-corrected chi connectivity index (χ3v) is 2.84.